The number of anilines is 1. The molecule has 14 heavy (non-hydrogen) atoms. The molecule has 0 radical (unpaired) electrons. The molecule has 0 heterocycles. The third kappa shape index (κ3) is 2.63. The minimum atomic E-state index is -0.255. The van der Waals surface area contributed by atoms with Crippen molar-refractivity contribution in [2.45, 2.75) is 0 Å². The van der Waals surface area contributed by atoms with E-state index in [1.807, 2.05) is 6.07 Å². The second-order valence-corrected chi connectivity index (χ2v) is 3.41. The summed E-state index contributed by atoms with van der Waals surface area (Å²) in [5.74, 6) is 0.680. The summed E-state index contributed by atoms with van der Waals surface area (Å²) in [6, 6.07) is 5.07. The number of carbonyl (C=O) groups excluding carboxylic acids is 1. The number of ether oxygens (including phenoxy) is 1. The Morgan fingerprint density at radius 2 is 2.21 bits per heavy atom. The summed E-state index contributed by atoms with van der Waals surface area (Å²) in [6.07, 6.45) is 0. The molecule has 0 atom stereocenters. The third-order valence-corrected chi connectivity index (χ3v) is 2.29. The van der Waals surface area contributed by atoms with Crippen molar-refractivity contribution in [2.24, 2.45) is 0 Å². The van der Waals surface area contributed by atoms with E-state index in [1.54, 1.807) is 26.3 Å². The van der Waals surface area contributed by atoms with Crippen molar-refractivity contribution in [3.05, 3.63) is 22.7 Å². The van der Waals surface area contributed by atoms with Gasteiger partial charge in [0.1, 0.15) is 5.75 Å². The standard InChI is InChI=1S/C9H11BrN2O2/c1-11-9(13)12-6-3-4-7(10)8(5-6)14-2/h3-5H,1-2H3,(H2,11,12,13). The van der Waals surface area contributed by atoms with E-state index in [0.717, 1.165) is 4.47 Å². The number of hydrogen-bond donors (Lipinski definition) is 2. The number of benzene rings is 1. The van der Waals surface area contributed by atoms with Gasteiger partial charge in [-0.2, -0.15) is 0 Å². The predicted octanol–water partition coefficient (Wildman–Crippen LogP) is 2.21. The Kier molecular flexibility index (Phi) is 3.76. The second kappa shape index (κ2) is 4.85. The highest BCUT2D eigenvalue weighted by Gasteiger charge is 2.03. The van der Waals surface area contributed by atoms with Gasteiger partial charge in [0.2, 0.25) is 0 Å². The van der Waals surface area contributed by atoms with Crippen LogP contribution < -0.4 is 15.4 Å². The molecule has 0 aromatic heterocycles. The molecule has 0 bridgehead atoms. The molecule has 1 rings (SSSR count). The van der Waals surface area contributed by atoms with Crippen LogP contribution in [0.5, 0.6) is 5.75 Å². The van der Waals surface area contributed by atoms with Gasteiger partial charge >= 0.3 is 6.03 Å². The van der Waals surface area contributed by atoms with E-state index < -0.39 is 0 Å². The smallest absolute Gasteiger partial charge is 0.318 e. The van der Waals surface area contributed by atoms with Crippen LogP contribution >= 0.6 is 15.9 Å². The molecule has 1 aromatic carbocycles. The van der Waals surface area contributed by atoms with Gasteiger partial charge in [-0.05, 0) is 28.1 Å². The van der Waals surface area contributed by atoms with Gasteiger partial charge in [0.15, 0.2) is 0 Å². The van der Waals surface area contributed by atoms with Crippen molar-refractivity contribution in [2.75, 3.05) is 19.5 Å². The van der Waals surface area contributed by atoms with Crippen LogP contribution in [-0.4, -0.2) is 20.2 Å². The van der Waals surface area contributed by atoms with Crippen molar-refractivity contribution in [3.63, 3.8) is 0 Å². The zero-order valence-electron chi connectivity index (χ0n) is 7.93. The average molecular weight is 259 g/mol. The van der Waals surface area contributed by atoms with Crippen molar-refractivity contribution in [1.29, 1.82) is 0 Å². The lowest BCUT2D eigenvalue weighted by Crippen LogP contribution is -2.24. The van der Waals surface area contributed by atoms with Crippen LogP contribution in [0.25, 0.3) is 0 Å². The fraction of sp³-hybridized carbons (Fsp3) is 0.222. The summed E-state index contributed by atoms with van der Waals surface area (Å²) in [5, 5.41) is 5.11. The monoisotopic (exact) mass is 258 g/mol. The highest BCUT2D eigenvalue weighted by molar-refractivity contribution is 9.10. The Balaban J connectivity index is 2.84. The van der Waals surface area contributed by atoms with Gasteiger partial charge in [0, 0.05) is 18.8 Å². The van der Waals surface area contributed by atoms with Crippen LogP contribution in [0.15, 0.2) is 22.7 Å². The van der Waals surface area contributed by atoms with Crippen LogP contribution in [0.1, 0.15) is 0 Å². The largest absolute Gasteiger partial charge is 0.495 e. The van der Waals surface area contributed by atoms with Gasteiger partial charge in [-0.1, -0.05) is 0 Å². The number of nitrogens with one attached hydrogen (secondary N) is 2. The zero-order chi connectivity index (χ0) is 10.6. The van der Waals surface area contributed by atoms with E-state index in [-0.39, 0.29) is 6.03 Å². The maximum atomic E-state index is 11.0. The summed E-state index contributed by atoms with van der Waals surface area (Å²) in [6.45, 7) is 0. The molecule has 0 saturated carbocycles. The molecule has 0 fully saturated rings. The second-order valence-electron chi connectivity index (χ2n) is 2.55. The molecule has 76 valence electrons. The minimum absolute atomic E-state index is 0.255. The molecule has 1 aromatic rings. The van der Waals surface area contributed by atoms with E-state index in [2.05, 4.69) is 26.6 Å². The maximum Gasteiger partial charge on any atom is 0.318 e. The summed E-state index contributed by atoms with van der Waals surface area (Å²) in [5.41, 5.74) is 0.685. The lowest BCUT2D eigenvalue weighted by Gasteiger charge is -2.07. The topological polar surface area (TPSA) is 50.4 Å². The maximum absolute atomic E-state index is 11.0. The van der Waals surface area contributed by atoms with Gasteiger partial charge in [-0.3, -0.25) is 0 Å². The first-order chi connectivity index (χ1) is 6.67. The molecule has 0 spiro atoms. The van der Waals surface area contributed by atoms with Gasteiger partial charge in [0.25, 0.3) is 0 Å². The molecule has 0 aliphatic carbocycles. The van der Waals surface area contributed by atoms with E-state index in [9.17, 15) is 4.79 Å². The number of carbonyl (C=O) groups is 1. The minimum Gasteiger partial charge on any atom is -0.495 e. The lowest BCUT2D eigenvalue weighted by molar-refractivity contribution is 0.254. The molecule has 0 aliphatic rings. The molecule has 0 unspecified atom stereocenters. The highest BCUT2D eigenvalue weighted by Crippen LogP contribution is 2.27. The van der Waals surface area contributed by atoms with Crippen LogP contribution in [-0.2, 0) is 0 Å². The molecule has 2 N–H and O–H groups in total. The molecular formula is C9H11BrN2O2. The first kappa shape index (κ1) is 10.8. The average Bonchev–Trinajstić information content (AvgIpc) is 2.20. The number of halogens is 1. The first-order valence-corrected chi connectivity index (χ1v) is 4.79. The van der Waals surface area contributed by atoms with Crippen molar-refractivity contribution >= 4 is 27.6 Å². The van der Waals surface area contributed by atoms with Crippen LogP contribution in [0, 0.1) is 0 Å². The normalized spacial score (nSPS) is 9.36. The number of methoxy groups -OCH3 is 1. The Morgan fingerprint density at radius 1 is 1.50 bits per heavy atom. The van der Waals surface area contributed by atoms with Gasteiger partial charge in [-0.15, -0.1) is 0 Å². The summed E-state index contributed by atoms with van der Waals surface area (Å²) >= 11 is 3.32. The van der Waals surface area contributed by atoms with E-state index in [1.165, 1.54) is 0 Å². The van der Waals surface area contributed by atoms with Crippen molar-refractivity contribution < 1.29 is 9.53 Å². The quantitative estimate of drug-likeness (QED) is 0.855. The van der Waals surface area contributed by atoms with Gasteiger partial charge in [0.05, 0.1) is 11.6 Å². The molecule has 5 heteroatoms. The Labute approximate surface area is 90.8 Å². The van der Waals surface area contributed by atoms with E-state index in [4.69, 9.17) is 4.74 Å². The molecule has 4 nitrogen and oxygen atoms in total. The lowest BCUT2D eigenvalue weighted by atomic mass is 10.3. The number of hydrogen-bond acceptors (Lipinski definition) is 2. The fourth-order valence-corrected chi connectivity index (χ4v) is 1.34. The molecule has 2 amide bonds. The summed E-state index contributed by atoms with van der Waals surface area (Å²) in [4.78, 5) is 11.0. The Morgan fingerprint density at radius 3 is 2.79 bits per heavy atom. The first-order valence-electron chi connectivity index (χ1n) is 3.99. The van der Waals surface area contributed by atoms with E-state index >= 15 is 0 Å². The zero-order valence-corrected chi connectivity index (χ0v) is 9.51. The van der Waals surface area contributed by atoms with E-state index in [0.29, 0.717) is 11.4 Å². The van der Waals surface area contributed by atoms with Crippen molar-refractivity contribution in [1.82, 2.24) is 5.32 Å². The Hall–Kier alpha value is -1.23. The molecule has 0 aliphatic heterocycles. The Bertz CT molecular complexity index is 342. The number of amides is 2. The van der Waals surface area contributed by atoms with Crippen LogP contribution in [0.4, 0.5) is 10.5 Å². The van der Waals surface area contributed by atoms with Crippen molar-refractivity contribution in [3.8, 4) is 5.75 Å². The summed E-state index contributed by atoms with van der Waals surface area (Å²) in [7, 11) is 3.13. The SMILES string of the molecule is CNC(=O)Nc1ccc(Br)c(OC)c1. The van der Waals surface area contributed by atoms with Gasteiger partial charge in [-0.25, -0.2) is 4.79 Å². The van der Waals surface area contributed by atoms with Crippen LogP contribution in [0.3, 0.4) is 0 Å². The van der Waals surface area contributed by atoms with Crippen LogP contribution in [0.2, 0.25) is 0 Å². The highest BCUT2D eigenvalue weighted by atomic mass is 79.9. The number of urea groups is 1. The molecule has 0 saturated heterocycles. The summed E-state index contributed by atoms with van der Waals surface area (Å²) < 4.78 is 5.93. The number of rotatable bonds is 2. The fourth-order valence-electron chi connectivity index (χ4n) is 0.931. The van der Waals surface area contributed by atoms with Gasteiger partial charge < -0.3 is 15.4 Å². The third-order valence-electron chi connectivity index (χ3n) is 1.64. The predicted molar refractivity (Wildman–Crippen MR) is 58.8 cm³/mol. The molecular weight excluding hydrogens is 248 g/mol.